The first-order valence-electron chi connectivity index (χ1n) is 7.24. The van der Waals surface area contributed by atoms with E-state index in [0.29, 0.717) is 18.1 Å². The Bertz CT molecular complexity index is 479. The number of rotatable bonds is 2. The predicted octanol–water partition coefficient (Wildman–Crippen LogP) is 2.77. The van der Waals surface area contributed by atoms with Gasteiger partial charge in [-0.2, -0.15) is 0 Å². The van der Waals surface area contributed by atoms with Gasteiger partial charge in [0, 0.05) is 30.7 Å². The number of carbonyl (C=O) groups excluding carboxylic acids is 1. The Kier molecular flexibility index (Phi) is 4.71. The van der Waals surface area contributed by atoms with Crippen molar-refractivity contribution in [1.82, 2.24) is 10.2 Å². The van der Waals surface area contributed by atoms with E-state index in [0.717, 1.165) is 24.0 Å². The highest BCUT2D eigenvalue weighted by atomic mass is 35.5. The molecule has 2 saturated heterocycles. The molecule has 1 N–H and O–H groups in total. The van der Waals surface area contributed by atoms with E-state index in [9.17, 15) is 4.79 Å². The largest absolute Gasteiger partial charge is 0.339 e. The monoisotopic (exact) mass is 294 g/mol. The predicted molar refractivity (Wildman–Crippen MR) is 83.5 cm³/mol. The Morgan fingerprint density at radius 3 is 2.40 bits per heavy atom. The highest BCUT2D eigenvalue weighted by molar-refractivity contribution is 5.95. The van der Waals surface area contributed by atoms with E-state index < -0.39 is 0 Å². The normalized spacial score (nSPS) is 27.8. The van der Waals surface area contributed by atoms with Crippen LogP contribution >= 0.6 is 12.4 Å². The zero-order valence-corrected chi connectivity index (χ0v) is 13.0. The number of aryl methyl sites for hydroxylation is 1. The summed E-state index contributed by atoms with van der Waals surface area (Å²) in [5, 5.41) is 3.63. The van der Waals surface area contributed by atoms with E-state index in [-0.39, 0.29) is 18.3 Å². The fourth-order valence-corrected chi connectivity index (χ4v) is 3.51. The quantitative estimate of drug-likeness (QED) is 0.910. The van der Waals surface area contributed by atoms with Gasteiger partial charge in [0.05, 0.1) is 0 Å². The van der Waals surface area contributed by atoms with Crippen LogP contribution in [0.5, 0.6) is 0 Å². The number of nitrogens with zero attached hydrogens (tertiary/aromatic N) is 1. The molecule has 1 aromatic carbocycles. The first-order valence-corrected chi connectivity index (χ1v) is 7.24. The van der Waals surface area contributed by atoms with Gasteiger partial charge < -0.3 is 10.2 Å². The molecule has 20 heavy (non-hydrogen) atoms. The van der Waals surface area contributed by atoms with Crippen LogP contribution in [-0.2, 0) is 0 Å². The zero-order chi connectivity index (χ0) is 13.4. The molecule has 1 amide bonds. The number of carbonyl (C=O) groups is 1. The van der Waals surface area contributed by atoms with Crippen LogP contribution in [0.25, 0.3) is 0 Å². The molecule has 2 aliphatic rings. The molecule has 3 rings (SSSR count). The number of hydrogen-bond donors (Lipinski definition) is 1. The van der Waals surface area contributed by atoms with Gasteiger partial charge in [-0.3, -0.25) is 4.79 Å². The number of hydrogen-bond acceptors (Lipinski definition) is 2. The minimum absolute atomic E-state index is 0. The van der Waals surface area contributed by atoms with Crippen LogP contribution in [0.1, 0.15) is 41.6 Å². The lowest BCUT2D eigenvalue weighted by Gasteiger charge is -2.35. The van der Waals surface area contributed by atoms with E-state index in [2.05, 4.69) is 5.32 Å². The summed E-state index contributed by atoms with van der Waals surface area (Å²) in [6.45, 7) is 2.01. The summed E-state index contributed by atoms with van der Waals surface area (Å²) in [4.78, 5) is 14.6. The second kappa shape index (κ2) is 6.15. The van der Waals surface area contributed by atoms with Crippen molar-refractivity contribution in [2.75, 3.05) is 7.05 Å². The smallest absolute Gasteiger partial charge is 0.254 e. The molecule has 3 nitrogen and oxygen atoms in total. The minimum Gasteiger partial charge on any atom is -0.339 e. The van der Waals surface area contributed by atoms with Crippen molar-refractivity contribution in [3.63, 3.8) is 0 Å². The van der Waals surface area contributed by atoms with Gasteiger partial charge in [-0.15, -0.1) is 12.4 Å². The molecule has 2 atom stereocenters. The molecular formula is C16H23ClN2O. The molecule has 0 aliphatic carbocycles. The molecule has 2 unspecified atom stereocenters. The van der Waals surface area contributed by atoms with Gasteiger partial charge in [0.15, 0.2) is 0 Å². The van der Waals surface area contributed by atoms with E-state index >= 15 is 0 Å². The van der Waals surface area contributed by atoms with Crippen LogP contribution in [0.3, 0.4) is 0 Å². The lowest BCUT2D eigenvalue weighted by atomic mass is 9.97. The van der Waals surface area contributed by atoms with Crippen molar-refractivity contribution in [3.8, 4) is 0 Å². The molecule has 1 aromatic rings. The van der Waals surface area contributed by atoms with Crippen LogP contribution in [0.2, 0.25) is 0 Å². The summed E-state index contributed by atoms with van der Waals surface area (Å²) in [7, 11) is 1.96. The van der Waals surface area contributed by atoms with Gasteiger partial charge >= 0.3 is 0 Å². The molecule has 0 saturated carbocycles. The molecule has 0 spiro atoms. The van der Waals surface area contributed by atoms with Crippen molar-refractivity contribution in [2.24, 2.45) is 0 Å². The molecule has 4 heteroatoms. The molecular weight excluding hydrogens is 272 g/mol. The van der Waals surface area contributed by atoms with Gasteiger partial charge in [0.25, 0.3) is 5.91 Å². The number of piperidine rings is 1. The number of benzene rings is 1. The summed E-state index contributed by atoms with van der Waals surface area (Å²) in [5.74, 6) is 0.171. The number of halogens is 1. The maximum atomic E-state index is 12.6. The van der Waals surface area contributed by atoms with Crippen LogP contribution in [0, 0.1) is 6.92 Å². The van der Waals surface area contributed by atoms with Gasteiger partial charge in [-0.25, -0.2) is 0 Å². The maximum absolute atomic E-state index is 12.6. The Morgan fingerprint density at radius 2 is 1.80 bits per heavy atom. The topological polar surface area (TPSA) is 32.3 Å². The van der Waals surface area contributed by atoms with Crippen LogP contribution in [0.15, 0.2) is 24.3 Å². The number of amides is 1. The van der Waals surface area contributed by atoms with Gasteiger partial charge in [-0.1, -0.05) is 18.2 Å². The van der Waals surface area contributed by atoms with E-state index in [1.165, 1.54) is 12.8 Å². The van der Waals surface area contributed by atoms with Crippen molar-refractivity contribution >= 4 is 18.3 Å². The Balaban J connectivity index is 0.00000147. The molecule has 0 aromatic heterocycles. The fraction of sp³-hybridized carbons (Fsp3) is 0.562. The van der Waals surface area contributed by atoms with Gasteiger partial charge in [0.1, 0.15) is 0 Å². The standard InChI is InChI=1S/C16H22N2O.ClH/c1-11-5-3-4-6-15(11)16(19)18(2)14-9-12-7-8-13(10-14)17-12;/h3-6,12-14,17H,7-10H2,1-2H3;1H. The number of nitrogens with one attached hydrogen (secondary N) is 1. The molecule has 0 radical (unpaired) electrons. The SMILES string of the molecule is Cc1ccccc1C(=O)N(C)C1CC2CCC(C1)N2.Cl. The maximum Gasteiger partial charge on any atom is 0.254 e. The summed E-state index contributed by atoms with van der Waals surface area (Å²) in [5.41, 5.74) is 1.91. The second-order valence-corrected chi connectivity index (χ2v) is 5.99. The van der Waals surface area contributed by atoms with E-state index in [1.54, 1.807) is 0 Å². The van der Waals surface area contributed by atoms with Crippen LogP contribution in [-0.4, -0.2) is 36.0 Å². The van der Waals surface area contributed by atoms with Crippen LogP contribution in [0.4, 0.5) is 0 Å². The van der Waals surface area contributed by atoms with E-state index in [1.807, 2.05) is 43.1 Å². The Labute approximate surface area is 127 Å². The second-order valence-electron chi connectivity index (χ2n) is 5.99. The highest BCUT2D eigenvalue weighted by Gasteiger charge is 2.36. The van der Waals surface area contributed by atoms with Gasteiger partial charge in [0.2, 0.25) is 0 Å². The zero-order valence-electron chi connectivity index (χ0n) is 12.1. The summed E-state index contributed by atoms with van der Waals surface area (Å²) >= 11 is 0. The molecule has 2 fully saturated rings. The summed E-state index contributed by atoms with van der Waals surface area (Å²) < 4.78 is 0. The van der Waals surface area contributed by atoms with Crippen molar-refractivity contribution < 1.29 is 4.79 Å². The third-order valence-electron chi connectivity index (χ3n) is 4.69. The van der Waals surface area contributed by atoms with Crippen molar-refractivity contribution in [1.29, 1.82) is 0 Å². The minimum atomic E-state index is 0. The Hall–Kier alpha value is -1.06. The lowest BCUT2D eigenvalue weighted by Crippen LogP contribution is -2.48. The highest BCUT2D eigenvalue weighted by Crippen LogP contribution is 2.30. The average Bonchev–Trinajstić information content (AvgIpc) is 2.76. The molecule has 2 heterocycles. The van der Waals surface area contributed by atoms with E-state index in [4.69, 9.17) is 0 Å². The third kappa shape index (κ3) is 2.84. The van der Waals surface area contributed by atoms with Crippen LogP contribution < -0.4 is 5.32 Å². The third-order valence-corrected chi connectivity index (χ3v) is 4.69. The van der Waals surface area contributed by atoms with Crippen molar-refractivity contribution in [3.05, 3.63) is 35.4 Å². The van der Waals surface area contributed by atoms with Gasteiger partial charge in [-0.05, 0) is 44.2 Å². The first-order chi connectivity index (χ1) is 9.15. The van der Waals surface area contributed by atoms with Crippen molar-refractivity contribution in [2.45, 2.75) is 50.7 Å². The summed E-state index contributed by atoms with van der Waals surface area (Å²) in [6.07, 6.45) is 4.75. The molecule has 2 bridgehead atoms. The fourth-order valence-electron chi connectivity index (χ4n) is 3.51. The lowest BCUT2D eigenvalue weighted by molar-refractivity contribution is 0.0681. The first kappa shape index (κ1) is 15.3. The summed E-state index contributed by atoms with van der Waals surface area (Å²) in [6, 6.07) is 9.51. The molecule has 110 valence electrons. The molecule has 2 aliphatic heterocycles. The average molecular weight is 295 g/mol. The number of fused-ring (bicyclic) bond motifs is 2. The Morgan fingerprint density at radius 1 is 1.20 bits per heavy atom.